The summed E-state index contributed by atoms with van der Waals surface area (Å²) in [6.07, 6.45) is 2.38. The molecule has 32 heavy (non-hydrogen) atoms. The molecule has 3 aromatic rings. The summed E-state index contributed by atoms with van der Waals surface area (Å²) < 4.78 is 7.31. The number of methoxy groups -OCH3 is 1. The van der Waals surface area contributed by atoms with Crippen molar-refractivity contribution < 1.29 is 14.3 Å². The highest BCUT2D eigenvalue weighted by Gasteiger charge is 2.35. The Labute approximate surface area is 188 Å². The summed E-state index contributed by atoms with van der Waals surface area (Å²) in [5.74, 6) is 1.52. The molecule has 0 aliphatic carbocycles. The van der Waals surface area contributed by atoms with Gasteiger partial charge in [0.2, 0.25) is 11.8 Å². The predicted octanol–water partition coefficient (Wildman–Crippen LogP) is 3.82. The summed E-state index contributed by atoms with van der Waals surface area (Å²) in [7, 11) is 3.46. The van der Waals surface area contributed by atoms with E-state index < -0.39 is 0 Å². The zero-order valence-electron chi connectivity index (χ0n) is 19.0. The highest BCUT2D eigenvalue weighted by molar-refractivity contribution is 5.96. The molecule has 0 spiro atoms. The molecule has 4 rings (SSSR count). The van der Waals surface area contributed by atoms with Gasteiger partial charge in [-0.25, -0.2) is 4.98 Å². The van der Waals surface area contributed by atoms with Crippen molar-refractivity contribution in [3.8, 4) is 5.75 Å². The van der Waals surface area contributed by atoms with Crippen LogP contribution in [0.1, 0.15) is 37.9 Å². The number of para-hydroxylation sites is 2. The molecule has 1 unspecified atom stereocenters. The fourth-order valence-corrected chi connectivity index (χ4v) is 4.26. The molecule has 0 bridgehead atoms. The Kier molecular flexibility index (Phi) is 6.44. The van der Waals surface area contributed by atoms with Crippen LogP contribution >= 0.6 is 0 Å². The Balaban J connectivity index is 1.63. The van der Waals surface area contributed by atoms with E-state index in [2.05, 4.69) is 6.92 Å². The molecule has 1 saturated heterocycles. The van der Waals surface area contributed by atoms with Crippen molar-refractivity contribution in [3.63, 3.8) is 0 Å². The molecule has 1 atom stereocenters. The number of hydrogen-bond donors (Lipinski definition) is 0. The topological polar surface area (TPSA) is 67.7 Å². The minimum Gasteiger partial charge on any atom is -0.497 e. The number of benzene rings is 2. The molecule has 1 aliphatic heterocycles. The monoisotopic (exact) mass is 434 g/mol. The van der Waals surface area contributed by atoms with Crippen LogP contribution in [0.4, 0.5) is 5.69 Å². The van der Waals surface area contributed by atoms with Gasteiger partial charge in [0.1, 0.15) is 18.1 Å². The Hall–Kier alpha value is -3.35. The van der Waals surface area contributed by atoms with Crippen LogP contribution in [0.3, 0.4) is 0 Å². The molecule has 1 aliphatic rings. The van der Waals surface area contributed by atoms with E-state index in [1.54, 1.807) is 16.9 Å². The zero-order valence-corrected chi connectivity index (χ0v) is 19.0. The second-order valence-corrected chi connectivity index (χ2v) is 8.32. The van der Waals surface area contributed by atoms with Crippen molar-refractivity contribution in [1.29, 1.82) is 0 Å². The second-order valence-electron chi connectivity index (χ2n) is 8.32. The van der Waals surface area contributed by atoms with E-state index in [1.165, 1.54) is 0 Å². The van der Waals surface area contributed by atoms with Crippen molar-refractivity contribution in [1.82, 2.24) is 14.5 Å². The lowest BCUT2D eigenvalue weighted by Gasteiger charge is -2.20. The van der Waals surface area contributed by atoms with Gasteiger partial charge < -0.3 is 19.1 Å². The van der Waals surface area contributed by atoms with Gasteiger partial charge in [0, 0.05) is 44.2 Å². The van der Waals surface area contributed by atoms with Crippen LogP contribution in [0.5, 0.6) is 5.75 Å². The molecule has 2 heterocycles. The van der Waals surface area contributed by atoms with Gasteiger partial charge in [-0.3, -0.25) is 9.59 Å². The van der Waals surface area contributed by atoms with E-state index in [9.17, 15) is 9.59 Å². The van der Waals surface area contributed by atoms with E-state index >= 15 is 0 Å². The van der Waals surface area contributed by atoms with E-state index in [-0.39, 0.29) is 24.3 Å². The SMILES string of the molecule is CCCCN(C)C(=O)Cn1c(C2CC(=O)N(c3cccc(OC)c3)C2)nc2ccccc21. The van der Waals surface area contributed by atoms with Crippen molar-refractivity contribution in [2.24, 2.45) is 0 Å². The minimum absolute atomic E-state index is 0.0493. The molecule has 0 saturated carbocycles. The lowest BCUT2D eigenvalue weighted by atomic mass is 10.1. The predicted molar refractivity (Wildman–Crippen MR) is 125 cm³/mol. The minimum atomic E-state index is -0.0881. The first kappa shape index (κ1) is 21.9. The number of rotatable bonds is 8. The van der Waals surface area contributed by atoms with Crippen LogP contribution < -0.4 is 9.64 Å². The Morgan fingerprint density at radius 3 is 2.81 bits per heavy atom. The van der Waals surface area contributed by atoms with E-state index in [4.69, 9.17) is 9.72 Å². The van der Waals surface area contributed by atoms with Crippen molar-refractivity contribution in [2.45, 2.75) is 38.6 Å². The molecule has 1 aromatic heterocycles. The number of amides is 2. The zero-order chi connectivity index (χ0) is 22.7. The first-order chi connectivity index (χ1) is 15.5. The number of carbonyl (C=O) groups excluding carboxylic acids is 2. The molecule has 7 heteroatoms. The number of ether oxygens (including phenoxy) is 1. The largest absolute Gasteiger partial charge is 0.497 e. The lowest BCUT2D eigenvalue weighted by molar-refractivity contribution is -0.130. The van der Waals surface area contributed by atoms with Gasteiger partial charge in [-0.1, -0.05) is 31.5 Å². The van der Waals surface area contributed by atoms with Gasteiger partial charge in [-0.05, 0) is 30.7 Å². The number of carbonyl (C=O) groups is 2. The Morgan fingerprint density at radius 1 is 1.22 bits per heavy atom. The fraction of sp³-hybridized carbons (Fsp3) is 0.400. The summed E-state index contributed by atoms with van der Waals surface area (Å²) in [6, 6.07) is 15.4. The van der Waals surface area contributed by atoms with Crippen LogP contribution in [0.2, 0.25) is 0 Å². The van der Waals surface area contributed by atoms with Gasteiger partial charge in [0.05, 0.1) is 18.1 Å². The van der Waals surface area contributed by atoms with Crippen LogP contribution in [0.15, 0.2) is 48.5 Å². The molecule has 168 valence electrons. The van der Waals surface area contributed by atoms with E-state index in [0.717, 1.165) is 41.9 Å². The molecular weight excluding hydrogens is 404 g/mol. The number of unbranched alkanes of at least 4 members (excludes halogenated alkanes) is 1. The quantitative estimate of drug-likeness (QED) is 0.541. The van der Waals surface area contributed by atoms with Crippen LogP contribution in [0, 0.1) is 0 Å². The number of hydrogen-bond acceptors (Lipinski definition) is 4. The standard InChI is InChI=1S/C25H30N4O3/c1-4-5-13-27(2)24(31)17-29-22-12-7-6-11-21(22)26-25(29)18-14-23(30)28(16-18)19-9-8-10-20(15-19)32-3/h6-12,15,18H,4-5,13-14,16-17H2,1-3H3. The lowest BCUT2D eigenvalue weighted by Crippen LogP contribution is -2.32. The number of fused-ring (bicyclic) bond motifs is 1. The first-order valence-corrected chi connectivity index (χ1v) is 11.1. The average Bonchev–Trinajstić information content (AvgIpc) is 3.38. The number of anilines is 1. The maximum absolute atomic E-state index is 12.9. The van der Waals surface area contributed by atoms with Crippen molar-refractivity contribution >= 4 is 28.5 Å². The van der Waals surface area contributed by atoms with Gasteiger partial charge in [0.15, 0.2) is 0 Å². The van der Waals surface area contributed by atoms with Gasteiger partial charge in [-0.2, -0.15) is 0 Å². The van der Waals surface area contributed by atoms with E-state index in [1.807, 2.05) is 60.1 Å². The molecule has 2 aromatic carbocycles. The smallest absolute Gasteiger partial charge is 0.242 e. The molecule has 1 fully saturated rings. The highest BCUT2D eigenvalue weighted by Crippen LogP contribution is 2.34. The van der Waals surface area contributed by atoms with Crippen molar-refractivity contribution in [3.05, 3.63) is 54.4 Å². The summed E-state index contributed by atoms with van der Waals surface area (Å²) >= 11 is 0. The number of nitrogens with zero attached hydrogens (tertiary/aromatic N) is 4. The summed E-state index contributed by atoms with van der Waals surface area (Å²) in [4.78, 5) is 34.3. The number of likely N-dealkylation sites (N-methyl/N-ethyl adjacent to an activating group) is 1. The summed E-state index contributed by atoms with van der Waals surface area (Å²) in [6.45, 7) is 3.60. The molecule has 0 radical (unpaired) electrons. The van der Waals surface area contributed by atoms with Gasteiger partial charge in [0.25, 0.3) is 0 Å². The highest BCUT2D eigenvalue weighted by atomic mass is 16.5. The normalized spacial score (nSPS) is 16.0. The number of imidazole rings is 1. The van der Waals surface area contributed by atoms with Gasteiger partial charge >= 0.3 is 0 Å². The van der Waals surface area contributed by atoms with Crippen molar-refractivity contribution in [2.75, 3.05) is 32.1 Å². The average molecular weight is 435 g/mol. The third-order valence-corrected chi connectivity index (χ3v) is 6.11. The fourth-order valence-electron chi connectivity index (χ4n) is 4.26. The van der Waals surface area contributed by atoms with Crippen LogP contribution in [0.25, 0.3) is 11.0 Å². The maximum Gasteiger partial charge on any atom is 0.242 e. The van der Waals surface area contributed by atoms with Crippen LogP contribution in [-0.2, 0) is 16.1 Å². The first-order valence-electron chi connectivity index (χ1n) is 11.1. The molecule has 7 nitrogen and oxygen atoms in total. The third-order valence-electron chi connectivity index (χ3n) is 6.11. The number of aromatic nitrogens is 2. The van der Waals surface area contributed by atoms with Crippen LogP contribution in [-0.4, -0.2) is 53.5 Å². The van der Waals surface area contributed by atoms with Gasteiger partial charge in [-0.15, -0.1) is 0 Å². The summed E-state index contributed by atoms with van der Waals surface area (Å²) in [5, 5.41) is 0. The Bertz CT molecular complexity index is 1120. The third kappa shape index (κ3) is 4.33. The molecule has 0 N–H and O–H groups in total. The van der Waals surface area contributed by atoms with E-state index in [0.29, 0.717) is 18.7 Å². The molecule has 2 amide bonds. The summed E-state index contributed by atoms with van der Waals surface area (Å²) in [5.41, 5.74) is 2.58. The second kappa shape index (κ2) is 9.42. The maximum atomic E-state index is 12.9. The molecular formula is C25H30N4O3. The Morgan fingerprint density at radius 2 is 2.03 bits per heavy atom.